The lowest BCUT2D eigenvalue weighted by Gasteiger charge is -2.34. The fraction of sp³-hybridized carbons (Fsp3) is 0.0769. The maximum absolute atomic E-state index is 13.0. The smallest absolute Gasteiger partial charge is 0.426 e. The van der Waals surface area contributed by atoms with Gasteiger partial charge in [0.25, 0.3) is 0 Å². The first-order valence-corrected chi connectivity index (χ1v) is 12.8. The van der Waals surface area contributed by atoms with Gasteiger partial charge in [-0.25, -0.2) is 4.79 Å². The van der Waals surface area contributed by atoms with E-state index >= 15 is 0 Å². The minimum Gasteiger partial charge on any atom is -0.517 e. The predicted octanol–water partition coefficient (Wildman–Crippen LogP) is 4.80. The average molecular weight is 473 g/mol. The van der Waals surface area contributed by atoms with Crippen LogP contribution in [0.5, 0.6) is 5.75 Å². The third kappa shape index (κ3) is 3.88. The molecule has 0 atom stereocenters. The second-order valence-corrected chi connectivity index (χ2v) is 11.3. The molecule has 0 unspecified atom stereocenters. The number of fused-ring (bicyclic) bond motifs is 2. The van der Waals surface area contributed by atoms with Crippen molar-refractivity contribution < 1.29 is 8.84 Å². The Kier molecular flexibility index (Phi) is 5.40. The summed E-state index contributed by atoms with van der Waals surface area (Å²) >= 11 is 6.39. The van der Waals surface area contributed by atoms with E-state index in [-0.39, 0.29) is 0 Å². The molecule has 2 heterocycles. The molecule has 0 spiro atoms. The van der Waals surface area contributed by atoms with Crippen LogP contribution in [0.4, 0.5) is 11.4 Å². The molecule has 0 bridgehead atoms. The average Bonchev–Trinajstić information content (AvgIpc) is 2.85. The first kappa shape index (κ1) is 21.2. The normalized spacial score (nSPS) is 14.3. The Balaban J connectivity index is 1.90. The molecule has 5 rings (SSSR count). The van der Waals surface area contributed by atoms with E-state index in [2.05, 4.69) is 4.98 Å². The van der Waals surface area contributed by atoms with Gasteiger partial charge in [0, 0.05) is 21.5 Å². The van der Waals surface area contributed by atoms with Crippen LogP contribution >= 0.6 is 11.6 Å². The van der Waals surface area contributed by atoms with Gasteiger partial charge in [-0.1, -0.05) is 72.3 Å². The highest BCUT2D eigenvalue weighted by atomic mass is 35.5. The van der Waals surface area contributed by atoms with Crippen molar-refractivity contribution in [1.82, 2.24) is 0 Å². The fourth-order valence-corrected chi connectivity index (χ4v) is 7.56. The molecule has 3 aromatic carbocycles. The maximum atomic E-state index is 13.0. The van der Waals surface area contributed by atoms with E-state index in [1.807, 2.05) is 72.8 Å². The molecule has 7 heteroatoms. The van der Waals surface area contributed by atoms with Gasteiger partial charge >= 0.3 is 14.1 Å². The van der Waals surface area contributed by atoms with Crippen LogP contribution in [-0.2, 0) is 0 Å². The van der Waals surface area contributed by atoms with E-state index in [4.69, 9.17) is 25.4 Å². The lowest BCUT2D eigenvalue weighted by atomic mass is 10.1. The van der Waals surface area contributed by atoms with Gasteiger partial charge in [0.2, 0.25) is 0 Å². The van der Waals surface area contributed by atoms with Crippen LogP contribution in [0.15, 0.2) is 99.1 Å². The molecule has 5 nitrogen and oxygen atoms in total. The minimum atomic E-state index is -3.21. The summed E-state index contributed by atoms with van der Waals surface area (Å²) in [7, 11) is -3.21. The summed E-state index contributed by atoms with van der Waals surface area (Å²) in [5.74, 6) is 0.908. The van der Waals surface area contributed by atoms with Crippen molar-refractivity contribution in [1.29, 1.82) is 0 Å². The summed E-state index contributed by atoms with van der Waals surface area (Å²) in [5.41, 5.74) is 1.74. The van der Waals surface area contributed by atoms with Crippen molar-refractivity contribution in [2.75, 3.05) is 4.98 Å². The topological polar surface area (TPSA) is 63.8 Å². The van der Waals surface area contributed by atoms with E-state index in [0.717, 1.165) is 16.1 Å². The van der Waals surface area contributed by atoms with Crippen LogP contribution in [0.1, 0.15) is 18.2 Å². The second-order valence-electron chi connectivity index (χ2n) is 7.88. The van der Waals surface area contributed by atoms with Crippen molar-refractivity contribution in [2.24, 2.45) is 4.99 Å². The van der Waals surface area contributed by atoms with Crippen molar-refractivity contribution in [2.45, 2.75) is 13.8 Å². The molecule has 0 amide bonds. The second kappa shape index (κ2) is 8.39. The molecular weight excluding hydrogens is 452 g/mol. The molecule has 1 aliphatic heterocycles. The fourth-order valence-electron chi connectivity index (χ4n) is 4.09. The minimum absolute atomic E-state index is 0.314. The van der Waals surface area contributed by atoms with Gasteiger partial charge in [0.1, 0.15) is 17.1 Å². The number of benzene rings is 3. The largest absolute Gasteiger partial charge is 0.517 e. The molecular formula is C26H21ClN2O3Si. The van der Waals surface area contributed by atoms with Crippen LogP contribution < -0.4 is 25.4 Å². The monoisotopic (exact) mass is 472 g/mol. The molecule has 1 aliphatic rings. The van der Waals surface area contributed by atoms with Crippen LogP contribution in [0, 0.1) is 6.92 Å². The van der Waals surface area contributed by atoms with Crippen LogP contribution in [0.2, 0.25) is 5.02 Å². The van der Waals surface area contributed by atoms with Gasteiger partial charge in [0.05, 0.1) is 17.1 Å². The summed E-state index contributed by atoms with van der Waals surface area (Å²) in [4.78, 5) is 21.5. The lowest BCUT2D eigenvalue weighted by Crippen LogP contribution is -2.69. The SMILES string of the molecule is CC1=Nc2ccc(Cl)cc2N[Si](c2ccccc2)(c2ccccc2)Oc2cc(C)oc(=O)c21. The van der Waals surface area contributed by atoms with Crippen LogP contribution in [0.25, 0.3) is 0 Å². The number of rotatable bonds is 2. The number of halogens is 1. The maximum Gasteiger partial charge on any atom is 0.426 e. The van der Waals surface area contributed by atoms with Gasteiger partial charge < -0.3 is 13.8 Å². The molecule has 1 N–H and O–H groups in total. The van der Waals surface area contributed by atoms with Gasteiger partial charge in [-0.05, 0) is 32.0 Å². The molecule has 4 aromatic rings. The summed E-state index contributed by atoms with van der Waals surface area (Å²) in [6.07, 6.45) is 0. The number of nitrogens with one attached hydrogen (secondary N) is 1. The zero-order chi connectivity index (χ0) is 23.0. The van der Waals surface area contributed by atoms with Gasteiger partial charge in [-0.15, -0.1) is 0 Å². The number of nitrogens with zero attached hydrogens (tertiary/aromatic N) is 1. The van der Waals surface area contributed by atoms with Crippen LogP contribution in [0.3, 0.4) is 0 Å². The van der Waals surface area contributed by atoms with Crippen molar-refractivity contribution in [3.63, 3.8) is 0 Å². The van der Waals surface area contributed by atoms with E-state index in [1.165, 1.54) is 0 Å². The van der Waals surface area contributed by atoms with Crippen molar-refractivity contribution >= 4 is 47.5 Å². The highest BCUT2D eigenvalue weighted by Crippen LogP contribution is 2.34. The molecule has 0 saturated carbocycles. The Morgan fingerprint density at radius 1 is 0.879 bits per heavy atom. The third-order valence-electron chi connectivity index (χ3n) is 5.58. The Morgan fingerprint density at radius 2 is 1.52 bits per heavy atom. The number of hydrogen-bond donors (Lipinski definition) is 1. The Morgan fingerprint density at radius 3 is 2.15 bits per heavy atom. The summed E-state index contributed by atoms with van der Waals surface area (Å²) in [6.45, 7) is 3.52. The van der Waals surface area contributed by atoms with Gasteiger partial charge in [-0.3, -0.25) is 4.99 Å². The van der Waals surface area contributed by atoms with E-state index < -0.39 is 14.1 Å². The standard InChI is InChI=1S/C26H21ClN2O3Si/c1-17-15-24-25(26(30)31-17)18(2)28-22-14-13-19(27)16-23(22)29-33(32-24,20-9-5-3-6-10-20)21-11-7-4-8-12-21/h3-16,29H,1-2H3. The van der Waals surface area contributed by atoms with E-state index in [1.54, 1.807) is 26.0 Å². The summed E-state index contributed by atoms with van der Waals surface area (Å²) in [5, 5.41) is 2.54. The summed E-state index contributed by atoms with van der Waals surface area (Å²) < 4.78 is 12.4. The van der Waals surface area contributed by atoms with Gasteiger partial charge in [-0.2, -0.15) is 0 Å². The first-order valence-electron chi connectivity index (χ1n) is 10.5. The number of aliphatic imine (C=N–C) groups is 1. The molecule has 164 valence electrons. The van der Waals surface area contributed by atoms with E-state index in [9.17, 15) is 4.79 Å². The van der Waals surface area contributed by atoms with Gasteiger partial charge in [0.15, 0.2) is 0 Å². The lowest BCUT2D eigenvalue weighted by molar-refractivity contribution is 0.462. The Labute approximate surface area is 197 Å². The highest BCUT2D eigenvalue weighted by molar-refractivity contribution is 7.00. The Hall–Kier alpha value is -3.61. The molecule has 0 fully saturated rings. The molecule has 0 aliphatic carbocycles. The molecule has 0 saturated heterocycles. The van der Waals surface area contributed by atoms with Crippen LogP contribution in [-0.4, -0.2) is 14.2 Å². The zero-order valence-electron chi connectivity index (χ0n) is 18.1. The molecule has 33 heavy (non-hydrogen) atoms. The van der Waals surface area contributed by atoms with E-state index in [0.29, 0.717) is 33.5 Å². The highest BCUT2D eigenvalue weighted by Gasteiger charge is 2.45. The zero-order valence-corrected chi connectivity index (χ0v) is 19.9. The number of hydrogen-bond acceptors (Lipinski definition) is 5. The van der Waals surface area contributed by atoms with Crippen molar-refractivity contribution in [3.05, 3.63) is 112 Å². The first-order chi connectivity index (χ1) is 16.0. The quantitative estimate of drug-likeness (QED) is 0.425. The number of anilines is 1. The van der Waals surface area contributed by atoms with Crippen molar-refractivity contribution in [3.8, 4) is 5.75 Å². The predicted molar refractivity (Wildman–Crippen MR) is 135 cm³/mol. The number of aryl methyl sites for hydroxylation is 1. The Bertz CT molecular complexity index is 1380. The third-order valence-corrected chi connectivity index (χ3v) is 9.26. The summed E-state index contributed by atoms with van der Waals surface area (Å²) in [6, 6.07) is 27.3. The molecule has 0 radical (unpaired) electrons. The molecule has 1 aromatic heterocycles.